The van der Waals surface area contributed by atoms with E-state index in [4.69, 9.17) is 4.74 Å². The van der Waals surface area contributed by atoms with Gasteiger partial charge in [-0.05, 0) is 46.2 Å². The first kappa shape index (κ1) is 19.5. The summed E-state index contributed by atoms with van der Waals surface area (Å²) in [6.45, 7) is 12.6. The second kappa shape index (κ2) is 9.05. The molecule has 0 aliphatic rings. The maximum absolute atomic E-state index is 5.70. The maximum Gasteiger partial charge on any atom is 0.122 e. The molecule has 0 saturated carbocycles. The van der Waals surface area contributed by atoms with Crippen LogP contribution in [0.25, 0.3) is 0 Å². The minimum absolute atomic E-state index is 0.364. The first-order valence-corrected chi connectivity index (χ1v) is 9.49. The molecule has 0 saturated heterocycles. The molecule has 2 aromatic carbocycles. The van der Waals surface area contributed by atoms with E-state index in [9.17, 15) is 0 Å². The van der Waals surface area contributed by atoms with Crippen molar-refractivity contribution in [1.82, 2.24) is 0 Å². The highest BCUT2D eigenvalue weighted by Gasteiger charge is 2.23. The summed E-state index contributed by atoms with van der Waals surface area (Å²) >= 11 is 0. The molecule has 0 aliphatic heterocycles. The summed E-state index contributed by atoms with van der Waals surface area (Å²) in [6, 6.07) is 18.7. The fourth-order valence-corrected chi connectivity index (χ4v) is 3.87. The summed E-state index contributed by atoms with van der Waals surface area (Å²) in [5, 5.41) is 0. The summed E-state index contributed by atoms with van der Waals surface area (Å²) in [6.07, 6.45) is 1.12. The molecule has 2 rings (SSSR count). The molecule has 136 valence electrons. The van der Waals surface area contributed by atoms with Crippen LogP contribution in [-0.4, -0.2) is 25.7 Å². The monoisotopic (exact) mass is 340 g/mol. The average molecular weight is 341 g/mol. The zero-order valence-electron chi connectivity index (χ0n) is 16.7. The molecule has 0 aliphatic carbocycles. The van der Waals surface area contributed by atoms with E-state index in [1.165, 1.54) is 16.7 Å². The van der Waals surface area contributed by atoms with Crippen molar-refractivity contribution in [3.8, 4) is 5.75 Å². The Morgan fingerprint density at radius 1 is 0.920 bits per heavy atom. The van der Waals surface area contributed by atoms with Crippen LogP contribution in [0.4, 0.5) is 0 Å². The predicted molar refractivity (Wildman–Crippen MR) is 107 cm³/mol. The Hall–Kier alpha value is -1.80. The number of ether oxygens (including phenoxy) is 1. The third kappa shape index (κ3) is 5.09. The van der Waals surface area contributed by atoms with Gasteiger partial charge in [0.05, 0.1) is 25.7 Å². The molecule has 0 amide bonds. The molecule has 0 aromatic heterocycles. The fourth-order valence-electron chi connectivity index (χ4n) is 3.87. The number of quaternary nitrogens is 1. The van der Waals surface area contributed by atoms with Crippen LogP contribution in [0.1, 0.15) is 56.7 Å². The van der Waals surface area contributed by atoms with Gasteiger partial charge in [0.25, 0.3) is 0 Å². The van der Waals surface area contributed by atoms with Gasteiger partial charge in [-0.2, -0.15) is 0 Å². The van der Waals surface area contributed by atoms with Gasteiger partial charge >= 0.3 is 0 Å². The van der Waals surface area contributed by atoms with Crippen molar-refractivity contribution in [1.29, 1.82) is 0 Å². The Kier molecular flexibility index (Phi) is 7.07. The lowest BCUT2D eigenvalue weighted by Gasteiger charge is -2.30. The van der Waals surface area contributed by atoms with Crippen LogP contribution in [-0.2, 0) is 0 Å². The van der Waals surface area contributed by atoms with Gasteiger partial charge in [-0.25, -0.2) is 0 Å². The van der Waals surface area contributed by atoms with Gasteiger partial charge in [0.2, 0.25) is 0 Å². The normalized spacial score (nSPS) is 12.8. The summed E-state index contributed by atoms with van der Waals surface area (Å²) in [5.74, 6) is 1.36. The number of aryl methyl sites for hydroxylation is 1. The minimum atomic E-state index is 0.364. The maximum atomic E-state index is 5.70. The van der Waals surface area contributed by atoms with Crippen molar-refractivity contribution >= 4 is 0 Å². The smallest absolute Gasteiger partial charge is 0.122 e. The van der Waals surface area contributed by atoms with Crippen LogP contribution in [0, 0.1) is 6.92 Å². The molecule has 2 heteroatoms. The van der Waals surface area contributed by atoms with Crippen molar-refractivity contribution in [3.63, 3.8) is 0 Å². The van der Waals surface area contributed by atoms with Gasteiger partial charge in [-0.15, -0.1) is 0 Å². The molecule has 1 N–H and O–H groups in total. The zero-order chi connectivity index (χ0) is 18.4. The SMILES string of the molecule is COc1ccc(C)cc1C(CC[NH+](C(C)C)C(C)C)c1ccccc1. The molecule has 25 heavy (non-hydrogen) atoms. The molecular weight excluding hydrogens is 306 g/mol. The lowest BCUT2D eigenvalue weighted by Crippen LogP contribution is -3.17. The molecule has 0 radical (unpaired) electrons. The molecule has 0 spiro atoms. The second-order valence-electron chi connectivity index (χ2n) is 7.63. The van der Waals surface area contributed by atoms with Gasteiger partial charge in [0.15, 0.2) is 0 Å². The largest absolute Gasteiger partial charge is 0.496 e. The van der Waals surface area contributed by atoms with Crippen LogP contribution in [0.2, 0.25) is 0 Å². The highest BCUT2D eigenvalue weighted by Crippen LogP contribution is 2.34. The van der Waals surface area contributed by atoms with Gasteiger partial charge in [-0.3, -0.25) is 0 Å². The van der Waals surface area contributed by atoms with E-state index in [2.05, 4.69) is 83.1 Å². The van der Waals surface area contributed by atoms with E-state index in [0.29, 0.717) is 18.0 Å². The second-order valence-corrected chi connectivity index (χ2v) is 7.63. The average Bonchev–Trinajstić information content (AvgIpc) is 2.59. The van der Waals surface area contributed by atoms with Crippen molar-refractivity contribution in [2.45, 2.75) is 59.0 Å². The quantitative estimate of drug-likeness (QED) is 0.759. The zero-order valence-corrected chi connectivity index (χ0v) is 16.7. The molecule has 2 aromatic rings. The molecule has 0 heterocycles. The molecule has 1 atom stereocenters. The van der Waals surface area contributed by atoms with Crippen LogP contribution >= 0.6 is 0 Å². The van der Waals surface area contributed by atoms with E-state index in [0.717, 1.165) is 18.7 Å². The van der Waals surface area contributed by atoms with E-state index in [1.54, 1.807) is 12.0 Å². The number of methoxy groups -OCH3 is 1. The first-order valence-electron chi connectivity index (χ1n) is 9.49. The van der Waals surface area contributed by atoms with Crippen molar-refractivity contribution in [2.75, 3.05) is 13.7 Å². The third-order valence-corrected chi connectivity index (χ3v) is 5.17. The topological polar surface area (TPSA) is 13.7 Å². The third-order valence-electron chi connectivity index (χ3n) is 5.17. The highest BCUT2D eigenvalue weighted by molar-refractivity contribution is 5.44. The number of benzene rings is 2. The Morgan fingerprint density at radius 2 is 1.56 bits per heavy atom. The highest BCUT2D eigenvalue weighted by atomic mass is 16.5. The van der Waals surface area contributed by atoms with Crippen molar-refractivity contribution < 1.29 is 9.64 Å². The molecule has 1 unspecified atom stereocenters. The summed E-state index contributed by atoms with van der Waals surface area (Å²) in [4.78, 5) is 1.66. The van der Waals surface area contributed by atoms with Gasteiger partial charge in [0.1, 0.15) is 5.75 Å². The van der Waals surface area contributed by atoms with Crippen molar-refractivity contribution in [2.24, 2.45) is 0 Å². The van der Waals surface area contributed by atoms with Gasteiger partial charge in [-0.1, -0.05) is 48.0 Å². The van der Waals surface area contributed by atoms with E-state index in [1.807, 2.05) is 0 Å². The summed E-state index contributed by atoms with van der Waals surface area (Å²) in [5.41, 5.74) is 3.97. The van der Waals surface area contributed by atoms with Gasteiger partial charge < -0.3 is 9.64 Å². The number of nitrogens with one attached hydrogen (secondary N) is 1. The Labute approximate surface area is 153 Å². The molecule has 0 fully saturated rings. The van der Waals surface area contributed by atoms with Crippen LogP contribution in [0.15, 0.2) is 48.5 Å². The summed E-state index contributed by atoms with van der Waals surface area (Å²) < 4.78 is 5.70. The summed E-state index contributed by atoms with van der Waals surface area (Å²) in [7, 11) is 1.77. The Balaban J connectivity index is 2.37. The predicted octanol–water partition coefficient (Wildman–Crippen LogP) is 4.23. The number of rotatable bonds is 8. The van der Waals surface area contributed by atoms with Crippen molar-refractivity contribution in [3.05, 3.63) is 65.2 Å². The lowest BCUT2D eigenvalue weighted by molar-refractivity contribution is -0.942. The minimum Gasteiger partial charge on any atom is -0.496 e. The molecular formula is C23H34NO+. The number of hydrogen-bond acceptors (Lipinski definition) is 1. The van der Waals surface area contributed by atoms with Gasteiger partial charge in [0, 0.05) is 17.9 Å². The molecule has 2 nitrogen and oxygen atoms in total. The Bertz CT molecular complexity index is 640. The fraction of sp³-hybridized carbons (Fsp3) is 0.478. The van der Waals surface area contributed by atoms with Crippen LogP contribution < -0.4 is 9.64 Å². The first-order chi connectivity index (χ1) is 11.9. The van der Waals surface area contributed by atoms with Crippen LogP contribution in [0.3, 0.4) is 0 Å². The number of hydrogen-bond donors (Lipinski definition) is 1. The standard InChI is InChI=1S/C23H33NO/c1-17(2)24(18(3)4)15-14-21(20-10-8-7-9-11-20)22-16-19(5)12-13-23(22)25-6/h7-13,16-18,21H,14-15H2,1-6H3/p+1. The van der Waals surface area contributed by atoms with Crippen LogP contribution in [0.5, 0.6) is 5.75 Å². The van der Waals surface area contributed by atoms with E-state index in [-0.39, 0.29) is 0 Å². The lowest BCUT2D eigenvalue weighted by atomic mass is 9.86. The Morgan fingerprint density at radius 3 is 2.12 bits per heavy atom. The van der Waals surface area contributed by atoms with E-state index < -0.39 is 0 Å². The van der Waals surface area contributed by atoms with E-state index >= 15 is 0 Å². The molecule has 0 bridgehead atoms.